The van der Waals surface area contributed by atoms with Gasteiger partial charge >= 0.3 is 0 Å². The Morgan fingerprint density at radius 2 is 1.95 bits per heavy atom. The van der Waals surface area contributed by atoms with Gasteiger partial charge in [-0.1, -0.05) is 13.8 Å². The maximum absolute atomic E-state index is 8.80. The van der Waals surface area contributed by atoms with Gasteiger partial charge in [-0.05, 0) is 18.8 Å². The fourth-order valence-electron chi connectivity index (χ4n) is 3.34. The van der Waals surface area contributed by atoms with Gasteiger partial charge in [-0.25, -0.2) is 0 Å². The van der Waals surface area contributed by atoms with Crippen molar-refractivity contribution >= 4 is 0 Å². The van der Waals surface area contributed by atoms with Crippen LogP contribution in [0.25, 0.3) is 0 Å². The van der Waals surface area contributed by atoms with Crippen molar-refractivity contribution in [3.63, 3.8) is 0 Å². The molecule has 0 aromatic carbocycles. The molecule has 2 fully saturated rings. The molecule has 0 saturated carbocycles. The molecule has 1 unspecified atom stereocenters. The van der Waals surface area contributed by atoms with Crippen molar-refractivity contribution in [2.45, 2.75) is 38.9 Å². The van der Waals surface area contributed by atoms with Gasteiger partial charge in [-0.15, -0.1) is 0 Å². The number of aliphatic hydroxyl groups is 1. The fraction of sp³-hybridized carbons (Fsp3) is 1.00. The Labute approximate surface area is 129 Å². The van der Waals surface area contributed by atoms with Crippen LogP contribution in [0.4, 0.5) is 0 Å². The van der Waals surface area contributed by atoms with E-state index in [9.17, 15) is 0 Å². The molecular weight excluding hydrogens is 268 g/mol. The van der Waals surface area contributed by atoms with Crippen molar-refractivity contribution < 1.29 is 14.6 Å². The normalized spacial score (nSPS) is 26.6. The van der Waals surface area contributed by atoms with Gasteiger partial charge in [-0.3, -0.25) is 4.90 Å². The topological polar surface area (TPSA) is 45.2 Å². The first-order valence-electron chi connectivity index (χ1n) is 8.46. The molecule has 0 amide bonds. The number of morpholine rings is 1. The third-order valence-corrected chi connectivity index (χ3v) is 4.29. The summed E-state index contributed by atoms with van der Waals surface area (Å²) in [6, 6.07) is 0. The van der Waals surface area contributed by atoms with E-state index in [1.165, 1.54) is 6.54 Å². The lowest BCUT2D eigenvalue weighted by Crippen LogP contribution is -2.50. The maximum Gasteiger partial charge on any atom is 0.0829 e. The summed E-state index contributed by atoms with van der Waals surface area (Å²) in [5.74, 6) is 0.725. The van der Waals surface area contributed by atoms with Crippen molar-refractivity contribution in [3.05, 3.63) is 0 Å². The molecule has 124 valence electrons. The number of rotatable bonds is 7. The third kappa shape index (κ3) is 6.20. The van der Waals surface area contributed by atoms with Crippen LogP contribution in [0, 0.1) is 5.92 Å². The number of ether oxygens (including phenoxy) is 2. The summed E-state index contributed by atoms with van der Waals surface area (Å²) in [6.45, 7) is 12.6. The molecule has 5 heteroatoms. The summed E-state index contributed by atoms with van der Waals surface area (Å²) in [5.41, 5.74) is 0. The predicted octanol–water partition coefficient (Wildman–Crippen LogP) is 0.817. The van der Waals surface area contributed by atoms with E-state index in [2.05, 4.69) is 23.6 Å². The zero-order valence-electron chi connectivity index (χ0n) is 13.7. The van der Waals surface area contributed by atoms with E-state index in [-0.39, 0.29) is 6.61 Å². The quantitative estimate of drug-likeness (QED) is 0.754. The Morgan fingerprint density at radius 3 is 2.62 bits per heavy atom. The largest absolute Gasteiger partial charge is 0.394 e. The molecule has 0 spiro atoms. The Morgan fingerprint density at radius 1 is 1.19 bits per heavy atom. The van der Waals surface area contributed by atoms with Crippen LogP contribution < -0.4 is 0 Å². The van der Waals surface area contributed by atoms with E-state index < -0.39 is 0 Å². The zero-order chi connectivity index (χ0) is 15.1. The van der Waals surface area contributed by atoms with Gasteiger partial charge in [0.15, 0.2) is 0 Å². The van der Waals surface area contributed by atoms with Crippen LogP contribution >= 0.6 is 0 Å². The molecule has 0 radical (unpaired) electrons. The van der Waals surface area contributed by atoms with E-state index in [0.717, 1.165) is 58.1 Å². The minimum Gasteiger partial charge on any atom is -0.394 e. The van der Waals surface area contributed by atoms with Gasteiger partial charge in [0.05, 0.1) is 32.0 Å². The molecule has 21 heavy (non-hydrogen) atoms. The predicted molar refractivity (Wildman–Crippen MR) is 83.5 cm³/mol. The SMILES string of the molecule is CC(C)CN1CCOC(CN2CCC(OCCO)CC2)C1. The molecule has 1 atom stereocenters. The van der Waals surface area contributed by atoms with E-state index in [0.29, 0.717) is 18.8 Å². The van der Waals surface area contributed by atoms with Gasteiger partial charge in [0.2, 0.25) is 0 Å². The van der Waals surface area contributed by atoms with E-state index in [1.54, 1.807) is 0 Å². The lowest BCUT2D eigenvalue weighted by molar-refractivity contribution is -0.0585. The highest BCUT2D eigenvalue weighted by Gasteiger charge is 2.26. The number of hydrogen-bond acceptors (Lipinski definition) is 5. The first-order chi connectivity index (χ1) is 10.2. The molecule has 1 N–H and O–H groups in total. The monoisotopic (exact) mass is 300 g/mol. The molecule has 0 bridgehead atoms. The lowest BCUT2D eigenvalue weighted by Gasteiger charge is -2.38. The highest BCUT2D eigenvalue weighted by Crippen LogP contribution is 2.16. The second-order valence-electron chi connectivity index (χ2n) is 6.74. The molecule has 5 nitrogen and oxygen atoms in total. The highest BCUT2D eigenvalue weighted by atomic mass is 16.5. The second-order valence-corrected chi connectivity index (χ2v) is 6.74. The average molecular weight is 300 g/mol. The molecule has 2 heterocycles. The standard InChI is InChI=1S/C16H32N2O3/c1-14(2)11-18-7-9-20-16(13-18)12-17-5-3-15(4-6-17)21-10-8-19/h14-16,19H,3-13H2,1-2H3. The molecule has 2 aliphatic heterocycles. The Bertz CT molecular complexity index is 281. The minimum atomic E-state index is 0.127. The lowest BCUT2D eigenvalue weighted by atomic mass is 10.1. The molecular formula is C16H32N2O3. The highest BCUT2D eigenvalue weighted by molar-refractivity contribution is 4.79. The Hall–Kier alpha value is -0.200. The molecule has 2 saturated heterocycles. The Kier molecular flexibility index (Phi) is 7.40. The van der Waals surface area contributed by atoms with Crippen LogP contribution in [0.5, 0.6) is 0 Å². The summed E-state index contributed by atoms with van der Waals surface area (Å²) in [7, 11) is 0. The number of aliphatic hydroxyl groups excluding tert-OH is 1. The molecule has 2 aliphatic rings. The van der Waals surface area contributed by atoms with Crippen LogP contribution in [0.1, 0.15) is 26.7 Å². The van der Waals surface area contributed by atoms with E-state index in [4.69, 9.17) is 14.6 Å². The second kappa shape index (κ2) is 9.06. The van der Waals surface area contributed by atoms with Gasteiger partial charge in [0.1, 0.15) is 0 Å². The van der Waals surface area contributed by atoms with Gasteiger partial charge in [0, 0.05) is 39.3 Å². The first kappa shape index (κ1) is 17.2. The van der Waals surface area contributed by atoms with Gasteiger partial charge in [-0.2, -0.15) is 0 Å². The summed E-state index contributed by atoms with van der Waals surface area (Å²) in [6.07, 6.45) is 2.83. The van der Waals surface area contributed by atoms with Crippen molar-refractivity contribution in [3.8, 4) is 0 Å². The van der Waals surface area contributed by atoms with E-state index >= 15 is 0 Å². The van der Waals surface area contributed by atoms with Gasteiger partial charge < -0.3 is 19.5 Å². The van der Waals surface area contributed by atoms with Crippen LogP contribution in [0.3, 0.4) is 0 Å². The summed E-state index contributed by atoms with van der Waals surface area (Å²) < 4.78 is 11.6. The number of piperidine rings is 1. The van der Waals surface area contributed by atoms with Gasteiger partial charge in [0.25, 0.3) is 0 Å². The molecule has 0 aliphatic carbocycles. The third-order valence-electron chi connectivity index (χ3n) is 4.29. The fourth-order valence-corrected chi connectivity index (χ4v) is 3.34. The maximum atomic E-state index is 8.80. The average Bonchev–Trinajstić information content (AvgIpc) is 2.46. The van der Waals surface area contributed by atoms with Crippen LogP contribution in [-0.2, 0) is 9.47 Å². The zero-order valence-corrected chi connectivity index (χ0v) is 13.7. The van der Waals surface area contributed by atoms with Crippen LogP contribution in [-0.4, -0.2) is 86.2 Å². The minimum absolute atomic E-state index is 0.127. The van der Waals surface area contributed by atoms with E-state index in [1.807, 2.05) is 0 Å². The number of hydrogen-bond donors (Lipinski definition) is 1. The van der Waals surface area contributed by atoms with Crippen molar-refractivity contribution in [2.24, 2.45) is 5.92 Å². The van der Waals surface area contributed by atoms with Crippen molar-refractivity contribution in [1.82, 2.24) is 9.80 Å². The first-order valence-corrected chi connectivity index (χ1v) is 8.46. The van der Waals surface area contributed by atoms with Crippen molar-refractivity contribution in [2.75, 3.05) is 59.1 Å². The van der Waals surface area contributed by atoms with Crippen LogP contribution in [0.15, 0.2) is 0 Å². The van der Waals surface area contributed by atoms with Crippen molar-refractivity contribution in [1.29, 1.82) is 0 Å². The van der Waals surface area contributed by atoms with Crippen LogP contribution in [0.2, 0.25) is 0 Å². The molecule has 0 aromatic rings. The summed E-state index contributed by atoms with van der Waals surface area (Å²) in [5, 5.41) is 8.80. The number of nitrogens with zero attached hydrogens (tertiary/aromatic N) is 2. The smallest absolute Gasteiger partial charge is 0.0829 e. The number of likely N-dealkylation sites (tertiary alicyclic amines) is 1. The molecule has 2 rings (SSSR count). The molecule has 0 aromatic heterocycles. The Balaban J connectivity index is 1.66. The summed E-state index contributed by atoms with van der Waals surface area (Å²) >= 11 is 0. The summed E-state index contributed by atoms with van der Waals surface area (Å²) in [4.78, 5) is 5.04.